The molecular formula is C13H28IN3. The van der Waals surface area contributed by atoms with Gasteiger partial charge in [0.15, 0.2) is 5.96 Å². The molecule has 1 rings (SSSR count). The van der Waals surface area contributed by atoms with E-state index in [2.05, 4.69) is 24.2 Å². The molecular weight excluding hydrogens is 325 g/mol. The Hall–Kier alpha value is 0. The molecule has 1 saturated carbocycles. The Labute approximate surface area is 123 Å². The number of nitrogens with two attached hydrogens (primary N) is 1. The van der Waals surface area contributed by atoms with Crippen LogP contribution in [0.15, 0.2) is 4.99 Å². The Bertz CT molecular complexity index is 225. The topological polar surface area (TPSA) is 50.4 Å². The number of hydrogen-bond donors (Lipinski definition) is 2. The maximum absolute atomic E-state index is 5.81. The summed E-state index contributed by atoms with van der Waals surface area (Å²) in [7, 11) is 0. The Morgan fingerprint density at radius 2 is 2.00 bits per heavy atom. The summed E-state index contributed by atoms with van der Waals surface area (Å²) in [5, 5.41) is 3.19. The molecule has 102 valence electrons. The van der Waals surface area contributed by atoms with Gasteiger partial charge in [-0.05, 0) is 24.7 Å². The van der Waals surface area contributed by atoms with Gasteiger partial charge in [0.2, 0.25) is 0 Å². The first-order valence-corrected chi connectivity index (χ1v) is 6.70. The van der Waals surface area contributed by atoms with Gasteiger partial charge in [-0.3, -0.25) is 4.99 Å². The molecule has 17 heavy (non-hydrogen) atoms. The second-order valence-electron chi connectivity index (χ2n) is 5.35. The van der Waals surface area contributed by atoms with E-state index < -0.39 is 0 Å². The van der Waals surface area contributed by atoms with E-state index in [4.69, 9.17) is 5.73 Å². The maximum Gasteiger partial charge on any atom is 0.188 e. The van der Waals surface area contributed by atoms with Crippen LogP contribution in [-0.2, 0) is 0 Å². The van der Waals surface area contributed by atoms with Crippen LogP contribution in [0.1, 0.15) is 58.8 Å². The van der Waals surface area contributed by atoms with E-state index >= 15 is 0 Å². The summed E-state index contributed by atoms with van der Waals surface area (Å²) in [5.41, 5.74) is 6.25. The molecule has 1 fully saturated rings. The molecule has 0 aliphatic heterocycles. The lowest BCUT2D eigenvalue weighted by Gasteiger charge is -2.36. The fourth-order valence-electron chi connectivity index (χ4n) is 2.04. The minimum Gasteiger partial charge on any atom is -0.370 e. The SMILES string of the molecule is CCCCCCNC(N)=NCC1(C)CCC1.I. The fraction of sp³-hybridized carbons (Fsp3) is 0.923. The highest BCUT2D eigenvalue weighted by Crippen LogP contribution is 2.40. The van der Waals surface area contributed by atoms with Crippen LogP contribution in [0.25, 0.3) is 0 Å². The highest BCUT2D eigenvalue weighted by Gasteiger charge is 2.31. The van der Waals surface area contributed by atoms with Crippen LogP contribution in [-0.4, -0.2) is 19.0 Å². The van der Waals surface area contributed by atoms with E-state index in [1.54, 1.807) is 0 Å². The van der Waals surface area contributed by atoms with Gasteiger partial charge >= 0.3 is 0 Å². The molecule has 0 aromatic rings. The van der Waals surface area contributed by atoms with Crippen LogP contribution in [0.4, 0.5) is 0 Å². The number of guanidine groups is 1. The van der Waals surface area contributed by atoms with Gasteiger partial charge in [-0.2, -0.15) is 0 Å². The zero-order chi connectivity index (χ0) is 11.9. The van der Waals surface area contributed by atoms with Crippen LogP contribution in [0.3, 0.4) is 0 Å². The summed E-state index contributed by atoms with van der Waals surface area (Å²) in [6, 6.07) is 0. The number of rotatable bonds is 7. The summed E-state index contributed by atoms with van der Waals surface area (Å²) >= 11 is 0. The van der Waals surface area contributed by atoms with E-state index in [0.717, 1.165) is 13.1 Å². The average molecular weight is 353 g/mol. The van der Waals surface area contributed by atoms with Crippen molar-refractivity contribution < 1.29 is 0 Å². The molecule has 3 nitrogen and oxygen atoms in total. The summed E-state index contributed by atoms with van der Waals surface area (Å²) in [6.45, 7) is 6.38. The third-order valence-corrected chi connectivity index (χ3v) is 3.53. The second-order valence-corrected chi connectivity index (χ2v) is 5.35. The minimum absolute atomic E-state index is 0. The lowest BCUT2D eigenvalue weighted by molar-refractivity contribution is 0.173. The van der Waals surface area contributed by atoms with Crippen LogP contribution in [0, 0.1) is 5.41 Å². The largest absolute Gasteiger partial charge is 0.370 e. The Kier molecular flexibility index (Phi) is 9.00. The normalized spacial score (nSPS) is 18.1. The van der Waals surface area contributed by atoms with E-state index in [1.807, 2.05) is 0 Å². The Morgan fingerprint density at radius 3 is 2.53 bits per heavy atom. The van der Waals surface area contributed by atoms with Crippen molar-refractivity contribution in [2.75, 3.05) is 13.1 Å². The Morgan fingerprint density at radius 1 is 1.29 bits per heavy atom. The van der Waals surface area contributed by atoms with Gasteiger partial charge in [0.1, 0.15) is 0 Å². The van der Waals surface area contributed by atoms with Crippen LogP contribution < -0.4 is 11.1 Å². The van der Waals surface area contributed by atoms with Crippen LogP contribution in [0.2, 0.25) is 0 Å². The zero-order valence-corrected chi connectivity index (χ0v) is 13.6. The molecule has 1 aliphatic carbocycles. The molecule has 0 aromatic heterocycles. The Balaban J connectivity index is 0.00000256. The molecule has 0 bridgehead atoms. The first kappa shape index (κ1) is 17.0. The van der Waals surface area contributed by atoms with E-state index in [9.17, 15) is 0 Å². The molecule has 0 atom stereocenters. The van der Waals surface area contributed by atoms with Crippen molar-refractivity contribution in [1.29, 1.82) is 0 Å². The number of aliphatic imine (C=N–C) groups is 1. The van der Waals surface area contributed by atoms with Gasteiger partial charge in [-0.15, -0.1) is 24.0 Å². The highest BCUT2D eigenvalue weighted by atomic mass is 127. The van der Waals surface area contributed by atoms with Crippen LogP contribution >= 0.6 is 24.0 Å². The van der Waals surface area contributed by atoms with Gasteiger partial charge in [0, 0.05) is 13.1 Å². The number of nitrogens with zero attached hydrogens (tertiary/aromatic N) is 1. The second kappa shape index (κ2) is 9.00. The van der Waals surface area contributed by atoms with Crippen molar-refractivity contribution in [2.24, 2.45) is 16.1 Å². The summed E-state index contributed by atoms with van der Waals surface area (Å²) < 4.78 is 0. The molecule has 0 saturated heterocycles. The molecule has 1 aliphatic rings. The third-order valence-electron chi connectivity index (χ3n) is 3.53. The molecule has 3 N–H and O–H groups in total. The summed E-state index contributed by atoms with van der Waals surface area (Å²) in [6.07, 6.45) is 9.05. The van der Waals surface area contributed by atoms with Crippen molar-refractivity contribution in [2.45, 2.75) is 58.8 Å². The molecule has 0 amide bonds. The highest BCUT2D eigenvalue weighted by molar-refractivity contribution is 14.0. The van der Waals surface area contributed by atoms with Gasteiger partial charge in [0.25, 0.3) is 0 Å². The van der Waals surface area contributed by atoms with Crippen molar-refractivity contribution in [3.63, 3.8) is 0 Å². The molecule has 0 spiro atoms. The predicted octanol–water partition coefficient (Wildman–Crippen LogP) is 3.28. The van der Waals surface area contributed by atoms with Crippen molar-refractivity contribution in [3.05, 3.63) is 0 Å². The lowest BCUT2D eigenvalue weighted by atomic mass is 9.71. The standard InChI is InChI=1S/C13H27N3.HI/c1-3-4-5-6-10-15-12(14)16-11-13(2)8-7-9-13;/h3-11H2,1-2H3,(H3,14,15,16);1H. The average Bonchev–Trinajstić information content (AvgIpc) is 2.23. The zero-order valence-electron chi connectivity index (χ0n) is 11.3. The van der Waals surface area contributed by atoms with Gasteiger partial charge in [-0.25, -0.2) is 0 Å². The summed E-state index contributed by atoms with van der Waals surface area (Å²) in [5.74, 6) is 0.629. The van der Waals surface area contributed by atoms with Crippen molar-refractivity contribution in [3.8, 4) is 0 Å². The maximum atomic E-state index is 5.81. The molecule has 0 unspecified atom stereocenters. The quantitative estimate of drug-likeness (QED) is 0.319. The fourth-order valence-corrected chi connectivity index (χ4v) is 2.04. The molecule has 0 heterocycles. The number of halogens is 1. The first-order chi connectivity index (χ1) is 7.66. The smallest absolute Gasteiger partial charge is 0.188 e. The lowest BCUT2D eigenvalue weighted by Crippen LogP contribution is -2.35. The minimum atomic E-state index is 0. The monoisotopic (exact) mass is 353 g/mol. The van der Waals surface area contributed by atoms with E-state index in [1.165, 1.54) is 44.9 Å². The predicted molar refractivity (Wildman–Crippen MR) is 86.0 cm³/mol. The summed E-state index contributed by atoms with van der Waals surface area (Å²) in [4.78, 5) is 4.42. The number of nitrogens with one attached hydrogen (secondary N) is 1. The molecule has 4 heteroatoms. The van der Waals surface area contributed by atoms with E-state index in [0.29, 0.717) is 11.4 Å². The number of unbranched alkanes of at least 4 members (excludes halogenated alkanes) is 3. The molecule has 0 radical (unpaired) electrons. The number of hydrogen-bond acceptors (Lipinski definition) is 1. The van der Waals surface area contributed by atoms with Gasteiger partial charge in [0.05, 0.1) is 0 Å². The molecule has 0 aromatic carbocycles. The van der Waals surface area contributed by atoms with Crippen molar-refractivity contribution in [1.82, 2.24) is 5.32 Å². The van der Waals surface area contributed by atoms with Crippen molar-refractivity contribution >= 4 is 29.9 Å². The van der Waals surface area contributed by atoms with E-state index in [-0.39, 0.29) is 24.0 Å². The van der Waals surface area contributed by atoms with Gasteiger partial charge < -0.3 is 11.1 Å². The third kappa shape index (κ3) is 7.11. The van der Waals surface area contributed by atoms with Crippen LogP contribution in [0.5, 0.6) is 0 Å². The van der Waals surface area contributed by atoms with Gasteiger partial charge in [-0.1, -0.05) is 39.5 Å². The first-order valence-electron chi connectivity index (χ1n) is 6.70.